The molecule has 0 unspecified atom stereocenters. The molecule has 0 radical (unpaired) electrons. The van der Waals surface area contributed by atoms with Crippen LogP contribution in [0.5, 0.6) is 0 Å². The number of carbonyl (C=O) groups excluding carboxylic acids is 2. The van der Waals surface area contributed by atoms with E-state index in [9.17, 15) is 9.59 Å². The third kappa shape index (κ3) is 4.25. The molecule has 0 spiro atoms. The fourth-order valence-electron chi connectivity index (χ4n) is 3.65. The van der Waals surface area contributed by atoms with Gasteiger partial charge < -0.3 is 9.64 Å². The molecule has 142 valence electrons. The summed E-state index contributed by atoms with van der Waals surface area (Å²) in [5, 5.41) is 0.0821. The molecule has 1 saturated carbocycles. The van der Waals surface area contributed by atoms with E-state index in [1.165, 1.54) is 5.56 Å². The lowest BCUT2D eigenvalue weighted by atomic mass is 10.1. The van der Waals surface area contributed by atoms with Gasteiger partial charge in [-0.2, -0.15) is 0 Å². The van der Waals surface area contributed by atoms with Gasteiger partial charge >= 0.3 is 5.97 Å². The molecule has 2 fully saturated rings. The van der Waals surface area contributed by atoms with E-state index in [1.54, 1.807) is 11.8 Å². The van der Waals surface area contributed by atoms with Crippen molar-refractivity contribution in [3.63, 3.8) is 0 Å². The molecule has 1 amide bonds. The van der Waals surface area contributed by atoms with Crippen molar-refractivity contribution in [1.29, 1.82) is 0 Å². The zero-order chi connectivity index (χ0) is 18.7. The van der Waals surface area contributed by atoms with Crippen LogP contribution in [0.25, 0.3) is 0 Å². The molecule has 26 heavy (non-hydrogen) atoms. The first-order chi connectivity index (χ1) is 12.5. The standard InChI is InChI=1S/C21H29NO3S/c1-4-10-25-21(24)18-13-26-19(11-14(2)3)22(18)20(23)17-12-16(17)15-8-6-5-7-9-15/h5-9,14,16-19H,4,10-13H2,1-3H3/t16-,17+,18-,19+/m0/s1. The fraction of sp³-hybridized carbons (Fsp3) is 0.619. The van der Waals surface area contributed by atoms with Gasteiger partial charge in [-0.15, -0.1) is 11.8 Å². The Labute approximate surface area is 160 Å². The van der Waals surface area contributed by atoms with Gasteiger partial charge in [0.1, 0.15) is 6.04 Å². The second-order valence-electron chi connectivity index (χ2n) is 7.71. The Hall–Kier alpha value is -1.49. The van der Waals surface area contributed by atoms with Crippen molar-refractivity contribution in [3.8, 4) is 0 Å². The number of benzene rings is 1. The van der Waals surface area contributed by atoms with E-state index in [-0.39, 0.29) is 23.2 Å². The minimum atomic E-state index is -0.431. The number of amides is 1. The van der Waals surface area contributed by atoms with E-state index in [2.05, 4.69) is 26.0 Å². The average Bonchev–Trinajstić information content (AvgIpc) is 3.33. The maximum Gasteiger partial charge on any atom is 0.329 e. The van der Waals surface area contributed by atoms with Crippen LogP contribution in [0.15, 0.2) is 30.3 Å². The van der Waals surface area contributed by atoms with Crippen LogP contribution in [0.4, 0.5) is 0 Å². The number of rotatable bonds is 7. The van der Waals surface area contributed by atoms with Crippen molar-refractivity contribution in [3.05, 3.63) is 35.9 Å². The largest absolute Gasteiger partial charge is 0.464 e. The van der Waals surface area contributed by atoms with Crippen molar-refractivity contribution in [1.82, 2.24) is 4.90 Å². The first-order valence-corrected chi connectivity index (χ1v) is 10.7. The molecule has 1 saturated heterocycles. The third-order valence-electron chi connectivity index (χ3n) is 5.08. The molecule has 0 aromatic heterocycles. The molecule has 0 bridgehead atoms. The highest BCUT2D eigenvalue weighted by Crippen LogP contribution is 2.50. The minimum Gasteiger partial charge on any atom is -0.464 e. The van der Waals surface area contributed by atoms with E-state index in [1.807, 2.05) is 30.0 Å². The van der Waals surface area contributed by atoms with Crippen molar-refractivity contribution in [2.24, 2.45) is 11.8 Å². The predicted octanol–water partition coefficient (Wildman–Crippen LogP) is 4.06. The van der Waals surface area contributed by atoms with E-state index < -0.39 is 6.04 Å². The lowest BCUT2D eigenvalue weighted by Crippen LogP contribution is -2.47. The summed E-state index contributed by atoms with van der Waals surface area (Å²) >= 11 is 1.72. The second kappa shape index (κ2) is 8.47. The first kappa shape index (κ1) is 19.3. The van der Waals surface area contributed by atoms with Crippen LogP contribution in [0.3, 0.4) is 0 Å². The quantitative estimate of drug-likeness (QED) is 0.674. The lowest BCUT2D eigenvalue weighted by Gasteiger charge is -2.29. The topological polar surface area (TPSA) is 46.6 Å². The van der Waals surface area contributed by atoms with Crippen LogP contribution in [0.2, 0.25) is 0 Å². The maximum atomic E-state index is 13.3. The Bertz CT molecular complexity index is 633. The van der Waals surface area contributed by atoms with E-state index >= 15 is 0 Å². The number of nitrogens with zero attached hydrogens (tertiary/aromatic N) is 1. The summed E-state index contributed by atoms with van der Waals surface area (Å²) in [6.07, 6.45) is 2.60. The number of hydrogen-bond donors (Lipinski definition) is 0. The summed E-state index contributed by atoms with van der Waals surface area (Å²) in [5.41, 5.74) is 1.23. The molecular weight excluding hydrogens is 346 g/mol. The maximum absolute atomic E-state index is 13.3. The molecule has 1 aliphatic carbocycles. The summed E-state index contributed by atoms with van der Waals surface area (Å²) in [6, 6.07) is 9.80. The summed E-state index contributed by atoms with van der Waals surface area (Å²) in [5.74, 6) is 1.32. The van der Waals surface area contributed by atoms with Crippen LogP contribution in [0, 0.1) is 11.8 Å². The van der Waals surface area contributed by atoms with Gasteiger partial charge in [-0.3, -0.25) is 4.79 Å². The van der Waals surface area contributed by atoms with E-state index in [0.29, 0.717) is 24.2 Å². The number of esters is 1. The van der Waals surface area contributed by atoms with E-state index in [0.717, 1.165) is 19.3 Å². The molecule has 4 nitrogen and oxygen atoms in total. The zero-order valence-electron chi connectivity index (χ0n) is 15.9. The molecule has 5 heteroatoms. The molecule has 1 aromatic carbocycles. The minimum absolute atomic E-state index is 0.00670. The van der Waals surface area contributed by atoms with Gasteiger partial charge in [-0.25, -0.2) is 4.79 Å². The number of thioether (sulfide) groups is 1. The number of hydrogen-bond acceptors (Lipinski definition) is 4. The highest BCUT2D eigenvalue weighted by molar-refractivity contribution is 8.00. The molecule has 4 atom stereocenters. The van der Waals surface area contributed by atoms with Gasteiger partial charge in [-0.05, 0) is 36.7 Å². The molecule has 1 aromatic rings. The average molecular weight is 376 g/mol. The number of ether oxygens (including phenoxy) is 1. The van der Waals surface area contributed by atoms with Gasteiger partial charge in [-0.1, -0.05) is 51.1 Å². The van der Waals surface area contributed by atoms with Crippen LogP contribution in [-0.4, -0.2) is 40.6 Å². The molecule has 0 N–H and O–H groups in total. The van der Waals surface area contributed by atoms with Gasteiger partial charge in [0.15, 0.2) is 0 Å². The Morgan fingerprint density at radius 1 is 1.27 bits per heavy atom. The normalized spacial score (nSPS) is 27.6. The Balaban J connectivity index is 1.73. The molecular formula is C21H29NO3S. The van der Waals surface area contributed by atoms with Crippen LogP contribution in [-0.2, 0) is 14.3 Å². The van der Waals surface area contributed by atoms with Gasteiger partial charge in [0.2, 0.25) is 5.91 Å². The SMILES string of the molecule is CCCOC(=O)[C@@H]1CS[C@H](CC(C)C)N1C(=O)[C@@H]1C[C@H]1c1ccccc1. The Morgan fingerprint density at radius 2 is 2.00 bits per heavy atom. The van der Waals surface area contributed by atoms with Crippen molar-refractivity contribution in [2.45, 2.75) is 57.4 Å². The summed E-state index contributed by atoms with van der Waals surface area (Å²) in [4.78, 5) is 27.6. The summed E-state index contributed by atoms with van der Waals surface area (Å²) < 4.78 is 5.37. The molecule has 2 aliphatic rings. The van der Waals surface area contributed by atoms with Crippen LogP contribution < -0.4 is 0 Å². The van der Waals surface area contributed by atoms with Gasteiger partial charge in [0.05, 0.1) is 12.0 Å². The smallest absolute Gasteiger partial charge is 0.329 e. The fourth-order valence-corrected chi connectivity index (χ4v) is 5.29. The first-order valence-electron chi connectivity index (χ1n) is 9.68. The van der Waals surface area contributed by atoms with Crippen LogP contribution >= 0.6 is 11.8 Å². The van der Waals surface area contributed by atoms with Gasteiger partial charge in [0.25, 0.3) is 0 Å². The summed E-state index contributed by atoms with van der Waals surface area (Å²) in [7, 11) is 0. The van der Waals surface area contributed by atoms with E-state index in [4.69, 9.17) is 4.74 Å². The Morgan fingerprint density at radius 3 is 2.65 bits per heavy atom. The Kier molecular flexibility index (Phi) is 6.28. The van der Waals surface area contributed by atoms with Crippen LogP contribution in [0.1, 0.15) is 51.5 Å². The monoisotopic (exact) mass is 375 g/mol. The highest BCUT2D eigenvalue weighted by Gasteiger charge is 2.51. The molecule has 1 aliphatic heterocycles. The molecule has 1 heterocycles. The number of carbonyl (C=O) groups is 2. The molecule has 3 rings (SSSR count). The zero-order valence-corrected chi connectivity index (χ0v) is 16.7. The summed E-state index contributed by atoms with van der Waals surface area (Å²) in [6.45, 7) is 6.73. The van der Waals surface area contributed by atoms with Crippen molar-refractivity contribution >= 4 is 23.6 Å². The predicted molar refractivity (Wildman–Crippen MR) is 105 cm³/mol. The van der Waals surface area contributed by atoms with Crippen molar-refractivity contribution < 1.29 is 14.3 Å². The lowest BCUT2D eigenvalue weighted by molar-refractivity contribution is -0.154. The third-order valence-corrected chi connectivity index (χ3v) is 6.39. The van der Waals surface area contributed by atoms with Crippen molar-refractivity contribution in [2.75, 3.05) is 12.4 Å². The second-order valence-corrected chi connectivity index (χ2v) is 8.92. The van der Waals surface area contributed by atoms with Gasteiger partial charge in [0, 0.05) is 11.7 Å². The highest BCUT2D eigenvalue weighted by atomic mass is 32.2.